The smallest absolute Gasteiger partial charge is 0.292 e. The van der Waals surface area contributed by atoms with Crippen LogP contribution < -0.4 is 19.3 Å². The van der Waals surface area contributed by atoms with Crippen LogP contribution in [0, 0.1) is 0 Å². The van der Waals surface area contributed by atoms with Crippen molar-refractivity contribution in [1.29, 1.82) is 0 Å². The number of nitrogens with one attached hydrogen (secondary N) is 1. The summed E-state index contributed by atoms with van der Waals surface area (Å²) >= 11 is 0. The van der Waals surface area contributed by atoms with Gasteiger partial charge in [0.2, 0.25) is 19.1 Å². The van der Waals surface area contributed by atoms with Crippen LogP contribution in [0.4, 0.5) is 5.69 Å². The number of piperazine rings is 1. The minimum absolute atomic E-state index is 0.147. The third-order valence-corrected chi connectivity index (χ3v) is 4.84. The molecule has 4 rings (SSSR count). The molecule has 3 aliphatic rings. The highest BCUT2D eigenvalue weighted by atomic mass is 16.7. The van der Waals surface area contributed by atoms with Crippen LogP contribution in [0.2, 0.25) is 0 Å². The average molecular weight is 332 g/mol. The molecule has 0 spiro atoms. The standard InChI is InChI=1S/C16H17N3O5/c20-9-17-3-5-18(6-4-17)12-8-15(21)19(16(12)22)11-1-2-13-14(7-11)24-10-23-13/h1-2,7,9,12H,3-6,8,10H2/p+1/t12-/m1/s1. The molecule has 0 unspecified atom stereocenters. The predicted molar refractivity (Wildman–Crippen MR) is 81.8 cm³/mol. The number of ether oxygens (including phenoxy) is 2. The molecule has 8 heteroatoms. The van der Waals surface area contributed by atoms with Crippen molar-refractivity contribution in [2.75, 3.05) is 37.9 Å². The zero-order valence-corrected chi connectivity index (χ0v) is 13.1. The fourth-order valence-electron chi connectivity index (χ4n) is 3.51. The van der Waals surface area contributed by atoms with Crippen molar-refractivity contribution in [2.24, 2.45) is 0 Å². The Labute approximate surface area is 138 Å². The Hall–Kier alpha value is -2.61. The molecular formula is C16H18N3O5+. The van der Waals surface area contributed by atoms with Crippen molar-refractivity contribution in [3.8, 4) is 11.5 Å². The summed E-state index contributed by atoms with van der Waals surface area (Å²) in [6, 6.07) is 4.70. The molecule has 0 radical (unpaired) electrons. The first-order chi connectivity index (χ1) is 11.7. The normalized spacial score (nSPS) is 23.9. The van der Waals surface area contributed by atoms with E-state index >= 15 is 0 Å². The molecule has 8 nitrogen and oxygen atoms in total. The topological polar surface area (TPSA) is 80.6 Å². The molecule has 3 heterocycles. The lowest BCUT2D eigenvalue weighted by Gasteiger charge is -2.32. The van der Waals surface area contributed by atoms with Crippen LogP contribution in [-0.2, 0) is 14.4 Å². The number of hydrogen-bond acceptors (Lipinski definition) is 5. The Morgan fingerprint density at radius 2 is 1.88 bits per heavy atom. The summed E-state index contributed by atoms with van der Waals surface area (Å²) in [6.07, 6.45) is 1.03. The number of quaternary nitrogens is 1. The second kappa shape index (κ2) is 5.79. The number of benzene rings is 1. The van der Waals surface area contributed by atoms with Gasteiger partial charge in [0.25, 0.3) is 5.91 Å². The summed E-state index contributed by atoms with van der Waals surface area (Å²) in [6.45, 7) is 2.73. The molecule has 1 N–H and O–H groups in total. The molecule has 0 saturated carbocycles. The molecule has 1 aromatic carbocycles. The molecule has 24 heavy (non-hydrogen) atoms. The van der Waals surface area contributed by atoms with Crippen LogP contribution in [0.1, 0.15) is 6.42 Å². The molecule has 2 fully saturated rings. The highest BCUT2D eigenvalue weighted by molar-refractivity contribution is 6.22. The molecule has 2 saturated heterocycles. The number of rotatable bonds is 3. The van der Waals surface area contributed by atoms with Gasteiger partial charge in [-0.05, 0) is 12.1 Å². The predicted octanol–water partition coefficient (Wildman–Crippen LogP) is -1.60. The average Bonchev–Trinajstić information content (AvgIpc) is 3.18. The number of nitrogens with zero attached hydrogens (tertiary/aromatic N) is 2. The van der Waals surface area contributed by atoms with Crippen molar-refractivity contribution in [3.63, 3.8) is 0 Å². The van der Waals surface area contributed by atoms with Crippen LogP contribution in [0.5, 0.6) is 11.5 Å². The largest absolute Gasteiger partial charge is 0.454 e. The Balaban J connectivity index is 1.53. The van der Waals surface area contributed by atoms with E-state index in [-0.39, 0.29) is 31.1 Å². The molecule has 0 aromatic heterocycles. The quantitative estimate of drug-likeness (QED) is 0.533. The molecule has 1 aromatic rings. The molecule has 3 amide bonds. The van der Waals surface area contributed by atoms with E-state index in [4.69, 9.17) is 9.47 Å². The van der Waals surface area contributed by atoms with Gasteiger partial charge in [0.15, 0.2) is 17.5 Å². The number of fused-ring (bicyclic) bond motifs is 1. The summed E-state index contributed by atoms with van der Waals surface area (Å²) in [5.74, 6) is 0.774. The van der Waals surface area contributed by atoms with Gasteiger partial charge in [0.1, 0.15) is 0 Å². The second-order valence-electron chi connectivity index (χ2n) is 6.16. The van der Waals surface area contributed by atoms with E-state index in [0.717, 1.165) is 11.3 Å². The van der Waals surface area contributed by atoms with Gasteiger partial charge in [0.05, 0.1) is 38.3 Å². The first-order valence-corrected chi connectivity index (χ1v) is 7.98. The fraction of sp³-hybridized carbons (Fsp3) is 0.438. The monoisotopic (exact) mass is 332 g/mol. The van der Waals surface area contributed by atoms with Crippen molar-refractivity contribution in [2.45, 2.75) is 12.5 Å². The number of hydrogen-bond donors (Lipinski definition) is 1. The first-order valence-electron chi connectivity index (χ1n) is 7.98. The van der Waals surface area contributed by atoms with Crippen LogP contribution in [0.15, 0.2) is 18.2 Å². The molecule has 126 valence electrons. The summed E-state index contributed by atoms with van der Waals surface area (Å²) in [5, 5.41) is 0. The number of anilines is 1. The van der Waals surface area contributed by atoms with Crippen LogP contribution in [-0.4, -0.2) is 62.1 Å². The maximum Gasteiger partial charge on any atom is 0.292 e. The number of carbonyl (C=O) groups is 3. The van der Waals surface area contributed by atoms with Gasteiger partial charge < -0.3 is 19.3 Å². The molecule has 0 bridgehead atoms. The van der Waals surface area contributed by atoms with Gasteiger partial charge in [-0.2, -0.15) is 0 Å². The summed E-state index contributed by atoms with van der Waals surface area (Å²) < 4.78 is 10.6. The lowest BCUT2D eigenvalue weighted by molar-refractivity contribution is -0.918. The van der Waals surface area contributed by atoms with Gasteiger partial charge >= 0.3 is 0 Å². The van der Waals surface area contributed by atoms with Crippen LogP contribution in [0.3, 0.4) is 0 Å². The molecular weight excluding hydrogens is 314 g/mol. The maximum atomic E-state index is 12.8. The number of imide groups is 1. The summed E-state index contributed by atoms with van der Waals surface area (Å²) in [5.41, 5.74) is 0.516. The number of amides is 3. The van der Waals surface area contributed by atoms with E-state index in [1.54, 1.807) is 23.1 Å². The Bertz CT molecular complexity index is 699. The Morgan fingerprint density at radius 3 is 2.62 bits per heavy atom. The van der Waals surface area contributed by atoms with Crippen molar-refractivity contribution >= 4 is 23.9 Å². The fourth-order valence-corrected chi connectivity index (χ4v) is 3.51. The van der Waals surface area contributed by atoms with Gasteiger partial charge in [-0.1, -0.05) is 0 Å². The summed E-state index contributed by atoms with van der Waals surface area (Å²) in [4.78, 5) is 40.0. The summed E-state index contributed by atoms with van der Waals surface area (Å²) in [7, 11) is 0. The van der Waals surface area contributed by atoms with Gasteiger partial charge in [0, 0.05) is 6.07 Å². The lowest BCUT2D eigenvalue weighted by Crippen LogP contribution is -3.19. The van der Waals surface area contributed by atoms with Gasteiger partial charge in [-0.15, -0.1) is 0 Å². The second-order valence-corrected chi connectivity index (χ2v) is 6.16. The van der Waals surface area contributed by atoms with Gasteiger partial charge in [-0.3, -0.25) is 14.4 Å². The molecule has 0 aliphatic carbocycles. The van der Waals surface area contributed by atoms with Crippen LogP contribution >= 0.6 is 0 Å². The van der Waals surface area contributed by atoms with E-state index in [1.165, 1.54) is 4.90 Å². The minimum atomic E-state index is -0.378. The maximum absolute atomic E-state index is 12.8. The highest BCUT2D eigenvalue weighted by Gasteiger charge is 2.46. The van der Waals surface area contributed by atoms with Crippen molar-refractivity contribution in [1.82, 2.24) is 4.90 Å². The SMILES string of the molecule is O=CN1CC[NH+]([C@@H]2CC(=O)N(c3ccc4c(c3)OCO4)C2=O)CC1. The zero-order valence-electron chi connectivity index (χ0n) is 13.1. The van der Waals surface area contributed by atoms with Crippen molar-refractivity contribution in [3.05, 3.63) is 18.2 Å². The molecule has 1 atom stereocenters. The van der Waals surface area contributed by atoms with E-state index < -0.39 is 0 Å². The zero-order chi connectivity index (χ0) is 16.7. The van der Waals surface area contributed by atoms with E-state index in [0.29, 0.717) is 43.4 Å². The Morgan fingerprint density at radius 1 is 1.12 bits per heavy atom. The van der Waals surface area contributed by atoms with E-state index in [1.807, 2.05) is 0 Å². The molecule has 3 aliphatic heterocycles. The third kappa shape index (κ3) is 2.39. The Kier molecular flexibility index (Phi) is 3.61. The minimum Gasteiger partial charge on any atom is -0.454 e. The highest BCUT2D eigenvalue weighted by Crippen LogP contribution is 2.36. The van der Waals surface area contributed by atoms with Gasteiger partial charge in [-0.25, -0.2) is 4.90 Å². The number of carbonyl (C=O) groups excluding carboxylic acids is 3. The van der Waals surface area contributed by atoms with Crippen molar-refractivity contribution < 1.29 is 28.8 Å². The van der Waals surface area contributed by atoms with Crippen LogP contribution in [0.25, 0.3) is 0 Å². The lowest BCUT2D eigenvalue weighted by atomic mass is 10.2. The van der Waals surface area contributed by atoms with E-state index in [9.17, 15) is 14.4 Å². The first kappa shape index (κ1) is 14.9. The van der Waals surface area contributed by atoms with E-state index in [2.05, 4.69) is 0 Å². The third-order valence-electron chi connectivity index (χ3n) is 4.84.